The fourth-order valence-corrected chi connectivity index (χ4v) is 3.72. The van der Waals surface area contributed by atoms with Gasteiger partial charge in [-0.25, -0.2) is 9.59 Å². The third kappa shape index (κ3) is 24.1. The predicted octanol–water partition coefficient (Wildman–Crippen LogP) is 2.54. The van der Waals surface area contributed by atoms with Gasteiger partial charge in [0, 0.05) is 26.2 Å². The molecule has 0 rings (SSSR count). The summed E-state index contributed by atoms with van der Waals surface area (Å²) in [5.41, 5.74) is 0. The molecule has 0 aliphatic carbocycles. The standard InChI is InChI=1S/C26H56N6O4/c1-24(23-32(20-12-17-29(2)3)21-13-18-30(4)5)36-26(34)28-16-11-9-8-10-15-27-25(33)35-22-14-19-31(6)7/h24H,8-23H2,1-7H3,(H,27,33)(H,28,34). The molecule has 0 radical (unpaired) electrons. The zero-order valence-corrected chi connectivity index (χ0v) is 24.3. The number of unbranched alkanes of at least 4 members (excludes halogenated alkanes) is 3. The van der Waals surface area contributed by atoms with Crippen molar-refractivity contribution < 1.29 is 19.1 Å². The van der Waals surface area contributed by atoms with E-state index < -0.39 is 0 Å². The molecule has 10 nitrogen and oxygen atoms in total. The van der Waals surface area contributed by atoms with E-state index in [1.165, 1.54) is 0 Å². The zero-order valence-electron chi connectivity index (χ0n) is 24.3. The molecule has 0 aromatic heterocycles. The first-order chi connectivity index (χ1) is 17.1. The van der Waals surface area contributed by atoms with Crippen molar-refractivity contribution in [2.75, 3.05) is 101 Å². The van der Waals surface area contributed by atoms with Crippen LogP contribution in [0.25, 0.3) is 0 Å². The number of nitrogens with zero attached hydrogens (tertiary/aromatic N) is 4. The highest BCUT2D eigenvalue weighted by Gasteiger charge is 2.14. The van der Waals surface area contributed by atoms with Gasteiger partial charge in [0.25, 0.3) is 0 Å². The summed E-state index contributed by atoms with van der Waals surface area (Å²) < 4.78 is 10.7. The summed E-state index contributed by atoms with van der Waals surface area (Å²) in [6.07, 6.45) is 5.94. The van der Waals surface area contributed by atoms with E-state index in [9.17, 15) is 9.59 Å². The number of nitrogens with one attached hydrogen (secondary N) is 2. The number of amides is 2. The van der Waals surface area contributed by atoms with Gasteiger partial charge in [-0.3, -0.25) is 4.90 Å². The summed E-state index contributed by atoms with van der Waals surface area (Å²) in [4.78, 5) is 32.6. The second-order valence-electron chi connectivity index (χ2n) is 10.4. The summed E-state index contributed by atoms with van der Waals surface area (Å²) >= 11 is 0. The van der Waals surface area contributed by atoms with Crippen molar-refractivity contribution in [1.29, 1.82) is 0 Å². The first-order valence-electron chi connectivity index (χ1n) is 13.6. The molecule has 0 heterocycles. The van der Waals surface area contributed by atoms with Crippen LogP contribution in [0, 0.1) is 0 Å². The van der Waals surface area contributed by atoms with Crippen molar-refractivity contribution in [2.45, 2.75) is 58.0 Å². The number of hydrogen-bond acceptors (Lipinski definition) is 8. The Morgan fingerprint density at radius 3 is 1.61 bits per heavy atom. The normalized spacial score (nSPS) is 12.4. The average molecular weight is 517 g/mol. The summed E-state index contributed by atoms with van der Waals surface area (Å²) in [6, 6.07) is 0. The fourth-order valence-electron chi connectivity index (χ4n) is 3.72. The Labute approximate surface area is 221 Å². The predicted molar refractivity (Wildman–Crippen MR) is 148 cm³/mol. The largest absolute Gasteiger partial charge is 0.450 e. The Bertz CT molecular complexity index is 535. The van der Waals surface area contributed by atoms with E-state index in [0.717, 1.165) is 84.2 Å². The van der Waals surface area contributed by atoms with Gasteiger partial charge in [0.2, 0.25) is 0 Å². The van der Waals surface area contributed by atoms with E-state index in [1.807, 2.05) is 21.0 Å². The molecule has 0 aliphatic rings. The molecule has 0 aromatic carbocycles. The van der Waals surface area contributed by atoms with E-state index >= 15 is 0 Å². The van der Waals surface area contributed by atoms with Crippen LogP contribution in [0.1, 0.15) is 51.9 Å². The van der Waals surface area contributed by atoms with E-state index in [4.69, 9.17) is 9.47 Å². The molecule has 0 saturated heterocycles. The van der Waals surface area contributed by atoms with Crippen molar-refractivity contribution in [1.82, 2.24) is 30.2 Å². The SMILES string of the molecule is CC(CN(CCCN(C)C)CCCN(C)C)OC(=O)NCCCCCCNC(=O)OCCCN(C)C. The van der Waals surface area contributed by atoms with Gasteiger partial charge >= 0.3 is 12.2 Å². The molecule has 0 bridgehead atoms. The minimum absolute atomic E-state index is 0.155. The van der Waals surface area contributed by atoms with Gasteiger partial charge in [-0.15, -0.1) is 0 Å². The molecule has 0 aliphatic heterocycles. The maximum absolute atomic E-state index is 12.2. The van der Waals surface area contributed by atoms with Crippen LogP contribution in [0.5, 0.6) is 0 Å². The van der Waals surface area contributed by atoms with Crippen LogP contribution in [-0.2, 0) is 9.47 Å². The third-order valence-corrected chi connectivity index (χ3v) is 5.61. The van der Waals surface area contributed by atoms with E-state index in [-0.39, 0.29) is 18.3 Å². The van der Waals surface area contributed by atoms with Gasteiger partial charge in [-0.05, 0) is 107 Å². The molecule has 0 fully saturated rings. The van der Waals surface area contributed by atoms with E-state index in [0.29, 0.717) is 19.7 Å². The molecule has 0 aromatic rings. The molecule has 10 heteroatoms. The van der Waals surface area contributed by atoms with Crippen LogP contribution < -0.4 is 10.6 Å². The quantitative estimate of drug-likeness (QED) is 0.212. The topological polar surface area (TPSA) is 89.6 Å². The van der Waals surface area contributed by atoms with Crippen LogP contribution in [0.3, 0.4) is 0 Å². The van der Waals surface area contributed by atoms with Crippen molar-refractivity contribution in [3.05, 3.63) is 0 Å². The average Bonchev–Trinajstić information content (AvgIpc) is 2.77. The van der Waals surface area contributed by atoms with Gasteiger partial charge < -0.3 is 34.8 Å². The highest BCUT2D eigenvalue weighted by Crippen LogP contribution is 2.03. The maximum Gasteiger partial charge on any atom is 0.407 e. The second-order valence-corrected chi connectivity index (χ2v) is 10.4. The molecule has 1 unspecified atom stereocenters. The summed E-state index contributed by atoms with van der Waals surface area (Å²) in [5, 5.41) is 5.64. The lowest BCUT2D eigenvalue weighted by Crippen LogP contribution is -2.38. The summed E-state index contributed by atoms with van der Waals surface area (Å²) in [6.45, 7) is 9.38. The zero-order chi connectivity index (χ0) is 27.2. The van der Waals surface area contributed by atoms with Crippen LogP contribution in [0.2, 0.25) is 0 Å². The van der Waals surface area contributed by atoms with Gasteiger partial charge in [0.1, 0.15) is 6.10 Å². The number of carbonyl (C=O) groups excluding carboxylic acids is 2. The monoisotopic (exact) mass is 516 g/mol. The molecule has 1 atom stereocenters. The summed E-state index contributed by atoms with van der Waals surface area (Å²) in [5.74, 6) is 0. The number of ether oxygens (including phenoxy) is 2. The Hall–Kier alpha value is -1.62. The van der Waals surface area contributed by atoms with Crippen LogP contribution >= 0.6 is 0 Å². The van der Waals surface area contributed by atoms with Crippen LogP contribution in [0.15, 0.2) is 0 Å². The van der Waals surface area contributed by atoms with Gasteiger partial charge in [-0.1, -0.05) is 12.8 Å². The maximum atomic E-state index is 12.2. The van der Waals surface area contributed by atoms with E-state index in [1.54, 1.807) is 0 Å². The molecule has 214 valence electrons. The van der Waals surface area contributed by atoms with Gasteiger partial charge in [-0.2, -0.15) is 0 Å². The first-order valence-corrected chi connectivity index (χ1v) is 13.6. The third-order valence-electron chi connectivity index (χ3n) is 5.61. The lowest BCUT2D eigenvalue weighted by molar-refractivity contribution is 0.0776. The lowest BCUT2D eigenvalue weighted by atomic mass is 10.2. The smallest absolute Gasteiger partial charge is 0.407 e. The number of hydrogen-bond donors (Lipinski definition) is 2. The number of alkyl carbamates (subject to hydrolysis) is 2. The highest BCUT2D eigenvalue weighted by atomic mass is 16.6. The van der Waals surface area contributed by atoms with E-state index in [2.05, 4.69) is 58.4 Å². The fraction of sp³-hybridized carbons (Fsp3) is 0.923. The number of rotatable bonds is 22. The first kappa shape index (κ1) is 34.4. The number of carbonyl (C=O) groups is 2. The Morgan fingerprint density at radius 1 is 0.639 bits per heavy atom. The Kier molecular flexibility index (Phi) is 21.6. The molecule has 0 spiro atoms. The molecule has 2 amide bonds. The molecule has 2 N–H and O–H groups in total. The summed E-state index contributed by atoms with van der Waals surface area (Å²) in [7, 11) is 12.4. The van der Waals surface area contributed by atoms with Crippen molar-refractivity contribution >= 4 is 12.2 Å². The van der Waals surface area contributed by atoms with Crippen molar-refractivity contribution in [3.63, 3.8) is 0 Å². The highest BCUT2D eigenvalue weighted by molar-refractivity contribution is 5.67. The van der Waals surface area contributed by atoms with Crippen LogP contribution in [0.4, 0.5) is 9.59 Å². The van der Waals surface area contributed by atoms with Crippen LogP contribution in [-0.4, -0.2) is 139 Å². The Balaban J connectivity index is 3.89. The minimum atomic E-state index is -0.346. The van der Waals surface area contributed by atoms with Gasteiger partial charge in [0.05, 0.1) is 6.61 Å². The lowest BCUT2D eigenvalue weighted by Gasteiger charge is -2.26. The molecular formula is C26H56N6O4. The molecular weight excluding hydrogens is 460 g/mol. The molecule has 36 heavy (non-hydrogen) atoms. The minimum Gasteiger partial charge on any atom is -0.450 e. The Morgan fingerprint density at radius 2 is 1.11 bits per heavy atom. The van der Waals surface area contributed by atoms with Crippen molar-refractivity contribution in [3.8, 4) is 0 Å². The molecule has 0 saturated carbocycles. The van der Waals surface area contributed by atoms with Crippen molar-refractivity contribution in [2.24, 2.45) is 0 Å². The van der Waals surface area contributed by atoms with Gasteiger partial charge in [0.15, 0.2) is 0 Å². The second kappa shape index (κ2) is 22.6.